The average Bonchev–Trinajstić information content (AvgIpc) is 2.74. The highest BCUT2D eigenvalue weighted by Crippen LogP contribution is 2.25. The van der Waals surface area contributed by atoms with Crippen molar-refractivity contribution < 1.29 is 14.3 Å². The number of methoxy groups -OCH3 is 2. The maximum absolute atomic E-state index is 12.5. The van der Waals surface area contributed by atoms with E-state index >= 15 is 0 Å². The van der Waals surface area contributed by atoms with E-state index in [2.05, 4.69) is 15.6 Å². The van der Waals surface area contributed by atoms with Gasteiger partial charge in [-0.25, -0.2) is 4.98 Å². The first-order valence-corrected chi connectivity index (χ1v) is 9.38. The van der Waals surface area contributed by atoms with E-state index in [0.29, 0.717) is 17.1 Å². The summed E-state index contributed by atoms with van der Waals surface area (Å²) in [5.74, 6) is 1.21. The molecule has 2 N–H and O–H groups in total. The van der Waals surface area contributed by atoms with E-state index in [-0.39, 0.29) is 5.91 Å². The molecular formula is C23H25N3O3. The fraction of sp³-hybridized carbons (Fsp3) is 0.217. The van der Waals surface area contributed by atoms with E-state index < -0.39 is 0 Å². The van der Waals surface area contributed by atoms with Gasteiger partial charge in [-0.05, 0) is 54.8 Å². The van der Waals surface area contributed by atoms with E-state index in [1.165, 1.54) is 0 Å². The number of nitrogens with zero attached hydrogens (tertiary/aromatic N) is 1. The van der Waals surface area contributed by atoms with Gasteiger partial charge >= 0.3 is 0 Å². The molecule has 6 nitrogen and oxygen atoms in total. The van der Waals surface area contributed by atoms with Gasteiger partial charge in [-0.3, -0.25) is 4.79 Å². The van der Waals surface area contributed by atoms with Gasteiger partial charge in [-0.2, -0.15) is 0 Å². The number of amides is 1. The predicted octanol–water partition coefficient (Wildman–Crippen LogP) is 4.31. The summed E-state index contributed by atoms with van der Waals surface area (Å²) in [5.41, 5.74) is 3.98. The molecular weight excluding hydrogens is 366 g/mol. The molecule has 6 heteroatoms. The van der Waals surface area contributed by atoms with E-state index in [9.17, 15) is 4.79 Å². The lowest BCUT2D eigenvalue weighted by Crippen LogP contribution is -2.14. The second-order valence-corrected chi connectivity index (χ2v) is 6.58. The summed E-state index contributed by atoms with van der Waals surface area (Å²) in [6.07, 6.45) is 2.48. The molecule has 1 aromatic heterocycles. The smallest absolute Gasteiger partial charge is 0.274 e. The fourth-order valence-electron chi connectivity index (χ4n) is 2.99. The third-order valence-electron chi connectivity index (χ3n) is 4.52. The van der Waals surface area contributed by atoms with Crippen LogP contribution >= 0.6 is 0 Å². The van der Waals surface area contributed by atoms with Gasteiger partial charge in [0.2, 0.25) is 0 Å². The molecule has 0 aliphatic rings. The van der Waals surface area contributed by atoms with Crippen LogP contribution in [0.1, 0.15) is 21.6 Å². The quantitative estimate of drug-likeness (QED) is 0.598. The molecule has 0 saturated heterocycles. The Labute approximate surface area is 170 Å². The van der Waals surface area contributed by atoms with Crippen molar-refractivity contribution in [2.75, 3.05) is 31.4 Å². The molecule has 0 radical (unpaired) electrons. The van der Waals surface area contributed by atoms with Gasteiger partial charge in [0, 0.05) is 6.54 Å². The van der Waals surface area contributed by atoms with Crippen LogP contribution in [0.3, 0.4) is 0 Å². The topological polar surface area (TPSA) is 72.5 Å². The number of aryl methyl sites for hydroxylation is 1. The highest BCUT2D eigenvalue weighted by Gasteiger charge is 2.11. The Morgan fingerprint density at radius 1 is 1.00 bits per heavy atom. The molecule has 29 heavy (non-hydrogen) atoms. The molecule has 0 bridgehead atoms. The highest BCUT2D eigenvalue weighted by molar-refractivity contribution is 6.03. The van der Waals surface area contributed by atoms with E-state index in [1.54, 1.807) is 26.5 Å². The van der Waals surface area contributed by atoms with Crippen molar-refractivity contribution in [1.82, 2.24) is 4.98 Å². The number of rotatable bonds is 8. The van der Waals surface area contributed by atoms with Gasteiger partial charge in [0.25, 0.3) is 5.91 Å². The highest BCUT2D eigenvalue weighted by atomic mass is 16.5. The molecule has 0 spiro atoms. The predicted molar refractivity (Wildman–Crippen MR) is 115 cm³/mol. The first-order valence-electron chi connectivity index (χ1n) is 9.38. The second kappa shape index (κ2) is 9.59. The van der Waals surface area contributed by atoms with E-state index in [1.807, 2.05) is 55.5 Å². The summed E-state index contributed by atoms with van der Waals surface area (Å²) in [5, 5.41) is 6.17. The molecule has 2 aromatic carbocycles. The molecule has 3 aromatic rings. The fourth-order valence-corrected chi connectivity index (χ4v) is 2.99. The number of carbonyl (C=O) groups excluding carboxylic acids is 1. The van der Waals surface area contributed by atoms with Crippen LogP contribution in [0.2, 0.25) is 0 Å². The lowest BCUT2D eigenvalue weighted by molar-refractivity contribution is 0.102. The lowest BCUT2D eigenvalue weighted by atomic mass is 10.1. The minimum absolute atomic E-state index is 0.283. The Morgan fingerprint density at radius 3 is 2.52 bits per heavy atom. The van der Waals surface area contributed by atoms with Crippen LogP contribution in [0.15, 0.2) is 60.8 Å². The Morgan fingerprint density at radius 2 is 1.79 bits per heavy atom. The number of aromatic nitrogens is 1. The number of anilines is 2. The van der Waals surface area contributed by atoms with Crippen molar-refractivity contribution in [2.45, 2.75) is 13.3 Å². The molecule has 0 fully saturated rings. The van der Waals surface area contributed by atoms with Gasteiger partial charge in [0.15, 0.2) is 0 Å². The van der Waals surface area contributed by atoms with Crippen LogP contribution in [0.25, 0.3) is 0 Å². The Hall–Kier alpha value is -3.54. The van der Waals surface area contributed by atoms with Crippen molar-refractivity contribution >= 4 is 17.3 Å². The van der Waals surface area contributed by atoms with Gasteiger partial charge in [-0.1, -0.05) is 24.3 Å². The summed E-state index contributed by atoms with van der Waals surface area (Å²) >= 11 is 0. The van der Waals surface area contributed by atoms with Gasteiger partial charge in [-0.15, -0.1) is 0 Å². The zero-order valence-electron chi connectivity index (χ0n) is 16.9. The third kappa shape index (κ3) is 5.25. The van der Waals surface area contributed by atoms with E-state index in [0.717, 1.165) is 35.5 Å². The number of hydrogen-bond acceptors (Lipinski definition) is 5. The van der Waals surface area contributed by atoms with Crippen molar-refractivity contribution in [3.63, 3.8) is 0 Å². The number of pyridine rings is 1. The van der Waals surface area contributed by atoms with Gasteiger partial charge in [0.1, 0.15) is 17.2 Å². The molecule has 3 rings (SSSR count). The molecule has 0 unspecified atom stereocenters. The second-order valence-electron chi connectivity index (χ2n) is 6.58. The van der Waals surface area contributed by atoms with Crippen LogP contribution < -0.4 is 20.1 Å². The molecule has 150 valence electrons. The van der Waals surface area contributed by atoms with Crippen LogP contribution in [-0.4, -0.2) is 31.7 Å². The van der Waals surface area contributed by atoms with Gasteiger partial charge in [0.05, 0.1) is 31.8 Å². The van der Waals surface area contributed by atoms with Crippen LogP contribution in [0.4, 0.5) is 11.4 Å². The maximum Gasteiger partial charge on any atom is 0.274 e. The number of hydrogen-bond donors (Lipinski definition) is 2. The minimum Gasteiger partial charge on any atom is -0.496 e. The largest absolute Gasteiger partial charge is 0.496 e. The zero-order valence-corrected chi connectivity index (χ0v) is 16.9. The molecule has 1 heterocycles. The van der Waals surface area contributed by atoms with Crippen molar-refractivity contribution in [1.29, 1.82) is 0 Å². The Balaban J connectivity index is 1.58. The molecule has 0 atom stereocenters. The summed E-state index contributed by atoms with van der Waals surface area (Å²) in [4.78, 5) is 16.8. The average molecular weight is 391 g/mol. The van der Waals surface area contributed by atoms with Crippen LogP contribution in [0.5, 0.6) is 11.5 Å². The lowest BCUT2D eigenvalue weighted by Gasteiger charge is -2.11. The monoisotopic (exact) mass is 391 g/mol. The molecule has 0 saturated carbocycles. The number of ether oxygens (including phenoxy) is 2. The molecule has 0 aliphatic carbocycles. The standard InChI is InChI=1S/C23H25N3O3/c1-16-8-11-22(29-3)20(14-16)26-23(27)19-10-9-18(15-25-19)24-13-12-17-6-4-5-7-21(17)28-2/h4-11,14-15,24H,12-13H2,1-3H3,(H,26,27). The first kappa shape index (κ1) is 20.2. The third-order valence-corrected chi connectivity index (χ3v) is 4.52. The van der Waals surface area contributed by atoms with Gasteiger partial charge < -0.3 is 20.1 Å². The van der Waals surface area contributed by atoms with Crippen molar-refractivity contribution in [3.8, 4) is 11.5 Å². The summed E-state index contributed by atoms with van der Waals surface area (Å²) < 4.78 is 10.7. The van der Waals surface area contributed by atoms with E-state index in [4.69, 9.17) is 9.47 Å². The van der Waals surface area contributed by atoms with Crippen molar-refractivity contribution in [2.24, 2.45) is 0 Å². The SMILES string of the molecule is COc1ccccc1CCNc1ccc(C(=O)Nc2cc(C)ccc2OC)nc1. The summed E-state index contributed by atoms with van der Waals surface area (Å²) in [6.45, 7) is 2.69. The summed E-state index contributed by atoms with van der Waals surface area (Å²) in [7, 11) is 3.25. The number of nitrogens with one attached hydrogen (secondary N) is 2. The molecule has 0 aliphatic heterocycles. The minimum atomic E-state index is -0.283. The Kier molecular flexibility index (Phi) is 6.68. The van der Waals surface area contributed by atoms with Crippen LogP contribution in [-0.2, 0) is 6.42 Å². The van der Waals surface area contributed by atoms with Crippen molar-refractivity contribution in [3.05, 3.63) is 77.6 Å². The Bertz CT molecular complexity index is 971. The zero-order chi connectivity index (χ0) is 20.6. The summed E-state index contributed by atoms with van der Waals surface area (Å²) in [6, 6.07) is 17.1. The molecule has 1 amide bonds. The number of carbonyl (C=O) groups is 1. The normalized spacial score (nSPS) is 10.3. The maximum atomic E-state index is 12.5. The van der Waals surface area contributed by atoms with Crippen LogP contribution in [0, 0.1) is 6.92 Å². The number of para-hydroxylation sites is 1. The first-order chi connectivity index (χ1) is 14.1. The number of benzene rings is 2.